The van der Waals surface area contributed by atoms with E-state index >= 15 is 0 Å². The average molecular weight is 628 g/mol. The Morgan fingerprint density at radius 3 is 2.19 bits per heavy atom. The van der Waals surface area contributed by atoms with E-state index in [2.05, 4.69) is 5.32 Å². The van der Waals surface area contributed by atoms with Gasteiger partial charge < -0.3 is 20.9 Å². The van der Waals surface area contributed by atoms with E-state index in [0.29, 0.717) is 18.5 Å². The molecule has 1 saturated carbocycles. The lowest BCUT2D eigenvalue weighted by Gasteiger charge is -2.42. The molecule has 2 aliphatic heterocycles. The van der Waals surface area contributed by atoms with Gasteiger partial charge in [-0.2, -0.15) is 0 Å². The number of hydrogen-bond donors (Lipinski definition) is 2. The summed E-state index contributed by atoms with van der Waals surface area (Å²) in [4.78, 5) is 59.2. The second-order valence-corrected chi connectivity index (χ2v) is 12.6. The summed E-state index contributed by atoms with van der Waals surface area (Å²) in [6, 6.07) is 30.5. The van der Waals surface area contributed by atoms with E-state index in [1.165, 1.54) is 0 Å². The van der Waals surface area contributed by atoms with E-state index in [9.17, 15) is 19.2 Å². The first-order valence-corrected chi connectivity index (χ1v) is 16.1. The summed E-state index contributed by atoms with van der Waals surface area (Å²) in [5, 5.41) is 2.59. The maximum absolute atomic E-state index is 14.6. The number of benzene rings is 4. The van der Waals surface area contributed by atoms with Crippen LogP contribution in [0.4, 0.5) is 21.9 Å². The predicted molar refractivity (Wildman–Crippen MR) is 181 cm³/mol. The first kappa shape index (κ1) is 30.2. The van der Waals surface area contributed by atoms with Crippen LogP contribution in [0, 0.1) is 5.92 Å². The number of carbonyl (C=O) groups excluding carboxylic acids is 4. The normalized spacial score (nSPS) is 19.4. The first-order valence-electron chi connectivity index (χ1n) is 16.1. The summed E-state index contributed by atoms with van der Waals surface area (Å²) in [6.45, 7) is 2.23. The molecule has 1 fully saturated rings. The van der Waals surface area contributed by atoms with Crippen molar-refractivity contribution in [3.63, 3.8) is 0 Å². The number of primary amides is 1. The van der Waals surface area contributed by atoms with Gasteiger partial charge in [-0.25, -0.2) is 4.79 Å². The van der Waals surface area contributed by atoms with Crippen molar-refractivity contribution in [2.24, 2.45) is 11.7 Å². The molecule has 0 unspecified atom stereocenters. The molecule has 0 spiro atoms. The van der Waals surface area contributed by atoms with E-state index in [4.69, 9.17) is 5.73 Å². The number of nitrogens with one attached hydrogen (secondary N) is 1. The van der Waals surface area contributed by atoms with Gasteiger partial charge in [0.1, 0.15) is 12.1 Å². The van der Waals surface area contributed by atoms with E-state index in [1.807, 2.05) is 115 Å². The minimum atomic E-state index is -0.781. The van der Waals surface area contributed by atoms with Gasteiger partial charge in [-0.05, 0) is 66.3 Å². The van der Waals surface area contributed by atoms with Crippen molar-refractivity contribution >= 4 is 40.8 Å². The van der Waals surface area contributed by atoms with Crippen molar-refractivity contribution < 1.29 is 19.2 Å². The molecule has 0 saturated heterocycles. The van der Waals surface area contributed by atoms with Crippen LogP contribution < -0.4 is 25.8 Å². The lowest BCUT2D eigenvalue weighted by atomic mass is 9.92. The summed E-state index contributed by atoms with van der Waals surface area (Å²) < 4.78 is 0. The lowest BCUT2D eigenvalue weighted by molar-refractivity contribution is -0.126. The fourth-order valence-electron chi connectivity index (χ4n) is 6.96. The molecule has 3 N–H and O–H groups in total. The van der Waals surface area contributed by atoms with Crippen LogP contribution in [-0.4, -0.2) is 35.8 Å². The molecular weight excluding hydrogens is 590 g/mol. The first-order chi connectivity index (χ1) is 22.8. The second-order valence-electron chi connectivity index (χ2n) is 12.6. The van der Waals surface area contributed by atoms with Gasteiger partial charge in [0, 0.05) is 35.8 Å². The molecule has 0 aromatic heterocycles. The molecule has 4 aromatic carbocycles. The SMILES string of the molecule is C[C@@H](c1ccccc1)N1C(=O)[C@H](N(C(=O)C2CC2)c2cccc(CN3C(=O)[C@H](NC(N)=O)Cc4ccccc43)c2)Cc2ccccc21. The number of fused-ring (bicyclic) bond motifs is 2. The topological polar surface area (TPSA) is 116 Å². The smallest absolute Gasteiger partial charge is 0.312 e. The molecule has 9 nitrogen and oxygen atoms in total. The molecule has 238 valence electrons. The Morgan fingerprint density at radius 2 is 1.49 bits per heavy atom. The molecule has 2 heterocycles. The zero-order valence-corrected chi connectivity index (χ0v) is 26.2. The van der Waals surface area contributed by atoms with Gasteiger partial charge in [0.25, 0.3) is 5.91 Å². The molecule has 5 amide bonds. The summed E-state index contributed by atoms with van der Waals surface area (Å²) in [6.07, 6.45) is 2.34. The van der Waals surface area contributed by atoms with E-state index in [-0.39, 0.29) is 36.2 Å². The van der Waals surface area contributed by atoms with Gasteiger partial charge in [-0.3, -0.25) is 19.3 Å². The van der Waals surface area contributed by atoms with Crippen molar-refractivity contribution in [1.82, 2.24) is 5.32 Å². The van der Waals surface area contributed by atoms with Crippen molar-refractivity contribution in [3.05, 3.63) is 125 Å². The van der Waals surface area contributed by atoms with Crippen LogP contribution >= 0.6 is 0 Å². The number of para-hydroxylation sites is 2. The highest BCUT2D eigenvalue weighted by Gasteiger charge is 2.45. The summed E-state index contributed by atoms with van der Waals surface area (Å²) >= 11 is 0. The Labute approximate surface area is 274 Å². The quantitative estimate of drug-likeness (QED) is 0.277. The largest absolute Gasteiger partial charge is 0.352 e. The Morgan fingerprint density at radius 1 is 0.830 bits per heavy atom. The predicted octanol–water partition coefficient (Wildman–Crippen LogP) is 5.27. The Kier molecular flexibility index (Phi) is 7.97. The van der Waals surface area contributed by atoms with Crippen LogP contribution in [0.3, 0.4) is 0 Å². The monoisotopic (exact) mass is 627 g/mol. The van der Waals surface area contributed by atoms with Crippen molar-refractivity contribution in [3.8, 4) is 0 Å². The van der Waals surface area contributed by atoms with Crippen LogP contribution in [0.25, 0.3) is 0 Å². The van der Waals surface area contributed by atoms with E-state index in [1.54, 1.807) is 9.80 Å². The van der Waals surface area contributed by atoms with Gasteiger partial charge in [-0.1, -0.05) is 78.9 Å². The van der Waals surface area contributed by atoms with Crippen LogP contribution in [0.1, 0.15) is 48.1 Å². The average Bonchev–Trinajstić information content (AvgIpc) is 3.93. The van der Waals surface area contributed by atoms with Crippen LogP contribution in [-0.2, 0) is 33.8 Å². The maximum Gasteiger partial charge on any atom is 0.312 e. The number of rotatable bonds is 8. The highest BCUT2D eigenvalue weighted by Crippen LogP contribution is 2.40. The number of amides is 5. The number of anilines is 3. The fourth-order valence-corrected chi connectivity index (χ4v) is 6.96. The molecule has 0 radical (unpaired) electrons. The lowest BCUT2D eigenvalue weighted by Crippen LogP contribution is -2.56. The highest BCUT2D eigenvalue weighted by molar-refractivity contribution is 6.09. The molecule has 3 atom stereocenters. The van der Waals surface area contributed by atoms with Crippen LogP contribution in [0.2, 0.25) is 0 Å². The van der Waals surface area contributed by atoms with Crippen molar-refractivity contribution in [2.45, 2.75) is 57.3 Å². The molecule has 3 aliphatic rings. The third-order valence-electron chi connectivity index (χ3n) is 9.45. The van der Waals surface area contributed by atoms with Crippen LogP contribution in [0.5, 0.6) is 0 Å². The van der Waals surface area contributed by atoms with Gasteiger partial charge in [0.05, 0.1) is 12.6 Å². The molecule has 4 aromatic rings. The third-order valence-corrected chi connectivity index (χ3v) is 9.45. The summed E-state index contributed by atoms with van der Waals surface area (Å²) in [5.41, 5.74) is 11.4. The zero-order chi connectivity index (χ0) is 32.7. The third kappa shape index (κ3) is 5.85. The van der Waals surface area contributed by atoms with Crippen LogP contribution in [0.15, 0.2) is 103 Å². The van der Waals surface area contributed by atoms with Gasteiger partial charge in [-0.15, -0.1) is 0 Å². The Bertz CT molecular complexity index is 1860. The molecular formula is C38H37N5O4. The number of hydrogen-bond acceptors (Lipinski definition) is 4. The minimum Gasteiger partial charge on any atom is -0.352 e. The molecule has 1 aliphatic carbocycles. The van der Waals surface area contributed by atoms with Crippen molar-refractivity contribution in [2.75, 3.05) is 14.7 Å². The Balaban J connectivity index is 1.25. The Hall–Kier alpha value is -5.44. The molecule has 9 heteroatoms. The second kappa shape index (κ2) is 12.4. The number of nitrogens with two attached hydrogens (primary N) is 1. The number of urea groups is 1. The van der Waals surface area contributed by atoms with Crippen molar-refractivity contribution in [1.29, 1.82) is 0 Å². The number of carbonyl (C=O) groups is 4. The zero-order valence-electron chi connectivity index (χ0n) is 26.2. The molecule has 0 bridgehead atoms. The number of nitrogens with zero attached hydrogens (tertiary/aromatic N) is 3. The maximum atomic E-state index is 14.6. The van der Waals surface area contributed by atoms with Gasteiger partial charge in [0.15, 0.2) is 0 Å². The summed E-state index contributed by atoms with van der Waals surface area (Å²) in [5.74, 6) is -0.569. The summed E-state index contributed by atoms with van der Waals surface area (Å²) in [7, 11) is 0. The molecule has 47 heavy (non-hydrogen) atoms. The van der Waals surface area contributed by atoms with E-state index < -0.39 is 18.1 Å². The van der Waals surface area contributed by atoms with Gasteiger partial charge >= 0.3 is 6.03 Å². The fraction of sp³-hybridized carbons (Fsp3) is 0.263. The minimum absolute atomic E-state index is 0.0580. The standard InChI is InChI=1S/C38H37N5O4/c1-24(26-11-3-2-4-12-26)42-33-17-8-6-14-29(33)22-34(37(42)46)43(35(44)27-18-19-27)30-15-9-10-25(20-30)23-41-32-16-7-5-13-28(32)21-31(36(41)45)40-38(39)47/h2-17,20,24,27,31,34H,18-19,21-23H2,1H3,(H3,39,40,47)/t24-,31+,34+/m0/s1. The van der Waals surface area contributed by atoms with Gasteiger partial charge in [0.2, 0.25) is 11.8 Å². The van der Waals surface area contributed by atoms with E-state index in [0.717, 1.165) is 46.5 Å². The highest BCUT2D eigenvalue weighted by atomic mass is 16.2. The molecule has 7 rings (SSSR count).